The molecule has 0 unspecified atom stereocenters. The third-order valence-electron chi connectivity index (χ3n) is 2.68. The van der Waals surface area contributed by atoms with E-state index in [4.69, 9.17) is 23.2 Å². The molecule has 0 saturated heterocycles. The molecule has 1 heterocycles. The molecule has 0 saturated carbocycles. The number of fused-ring (bicyclic) bond motifs is 1. The molecule has 1 aromatic heterocycles. The monoisotopic (exact) mass is 274 g/mol. The molecule has 0 radical (unpaired) electrons. The van der Waals surface area contributed by atoms with Crippen molar-refractivity contribution in [3.05, 3.63) is 58.7 Å². The Kier molecular flexibility index (Phi) is 2.90. The highest BCUT2D eigenvalue weighted by molar-refractivity contribution is 6.43. The van der Waals surface area contributed by atoms with Crippen LogP contribution in [0.15, 0.2) is 48.7 Å². The van der Waals surface area contributed by atoms with Crippen molar-refractivity contribution in [3.63, 3.8) is 0 Å². The van der Waals surface area contributed by atoms with Gasteiger partial charge in [0.25, 0.3) is 0 Å². The summed E-state index contributed by atoms with van der Waals surface area (Å²) in [5, 5.41) is 1.02. The second-order valence-corrected chi connectivity index (χ2v) is 4.63. The Bertz CT molecular complexity index is 726. The van der Waals surface area contributed by atoms with Crippen LogP contribution < -0.4 is 0 Å². The third-order valence-corrected chi connectivity index (χ3v) is 3.50. The van der Waals surface area contributed by atoms with Crippen LogP contribution in [0.25, 0.3) is 22.3 Å². The highest BCUT2D eigenvalue weighted by Crippen LogP contribution is 2.32. The van der Waals surface area contributed by atoms with E-state index in [-0.39, 0.29) is 0 Å². The largest absolute Gasteiger partial charge is 0.252 e. The average Bonchev–Trinajstić information content (AvgIpc) is 2.41. The third kappa shape index (κ3) is 1.94. The van der Waals surface area contributed by atoms with Crippen LogP contribution in [0.3, 0.4) is 0 Å². The van der Waals surface area contributed by atoms with Crippen molar-refractivity contribution in [2.75, 3.05) is 0 Å². The highest BCUT2D eigenvalue weighted by atomic mass is 35.5. The lowest BCUT2D eigenvalue weighted by atomic mass is 10.1. The van der Waals surface area contributed by atoms with E-state index in [1.54, 1.807) is 12.3 Å². The van der Waals surface area contributed by atoms with Gasteiger partial charge in [-0.15, -0.1) is 0 Å². The Balaban J connectivity index is 2.22. The van der Waals surface area contributed by atoms with Crippen molar-refractivity contribution in [2.24, 2.45) is 0 Å². The molecule has 0 aliphatic carbocycles. The molecule has 88 valence electrons. The van der Waals surface area contributed by atoms with E-state index in [0.717, 1.165) is 22.3 Å². The Morgan fingerprint density at radius 3 is 2.44 bits per heavy atom. The summed E-state index contributed by atoms with van der Waals surface area (Å²) in [7, 11) is 0. The van der Waals surface area contributed by atoms with Gasteiger partial charge in [0.2, 0.25) is 0 Å². The molecule has 0 amide bonds. The maximum atomic E-state index is 6.18. The summed E-state index contributed by atoms with van der Waals surface area (Å²) in [6.07, 6.45) is 1.71. The van der Waals surface area contributed by atoms with Gasteiger partial charge in [0.1, 0.15) is 0 Å². The molecule has 0 aliphatic heterocycles. The lowest BCUT2D eigenvalue weighted by molar-refractivity contribution is 1.29. The van der Waals surface area contributed by atoms with Gasteiger partial charge < -0.3 is 0 Å². The fraction of sp³-hybridized carbons (Fsp3) is 0. The Hall–Kier alpha value is -1.64. The number of hydrogen-bond donors (Lipinski definition) is 0. The van der Waals surface area contributed by atoms with E-state index >= 15 is 0 Å². The first-order valence-electron chi connectivity index (χ1n) is 5.42. The van der Waals surface area contributed by atoms with Crippen LogP contribution >= 0.6 is 23.2 Å². The van der Waals surface area contributed by atoms with Crippen molar-refractivity contribution in [1.29, 1.82) is 0 Å². The topological polar surface area (TPSA) is 25.8 Å². The molecule has 0 N–H and O–H groups in total. The SMILES string of the molecule is Clc1cccc(-c2cnc3ccccc3n2)c1Cl. The summed E-state index contributed by atoms with van der Waals surface area (Å²) in [6, 6.07) is 13.2. The summed E-state index contributed by atoms with van der Waals surface area (Å²) < 4.78 is 0. The minimum absolute atomic E-state index is 0.503. The van der Waals surface area contributed by atoms with Crippen molar-refractivity contribution in [3.8, 4) is 11.3 Å². The number of aromatic nitrogens is 2. The predicted molar refractivity (Wildman–Crippen MR) is 75.0 cm³/mol. The van der Waals surface area contributed by atoms with Gasteiger partial charge in [-0.25, -0.2) is 4.98 Å². The molecular weight excluding hydrogens is 267 g/mol. The zero-order chi connectivity index (χ0) is 12.5. The molecule has 2 nitrogen and oxygen atoms in total. The molecule has 18 heavy (non-hydrogen) atoms. The van der Waals surface area contributed by atoms with E-state index < -0.39 is 0 Å². The molecule has 3 rings (SSSR count). The van der Waals surface area contributed by atoms with Crippen LogP contribution in [0.2, 0.25) is 10.0 Å². The number of hydrogen-bond acceptors (Lipinski definition) is 2. The maximum Gasteiger partial charge on any atom is 0.0908 e. The lowest BCUT2D eigenvalue weighted by Gasteiger charge is -2.05. The second-order valence-electron chi connectivity index (χ2n) is 3.85. The van der Waals surface area contributed by atoms with Crippen LogP contribution in [0.1, 0.15) is 0 Å². The van der Waals surface area contributed by atoms with Crippen LogP contribution in [0.4, 0.5) is 0 Å². The van der Waals surface area contributed by atoms with Crippen molar-refractivity contribution in [1.82, 2.24) is 9.97 Å². The Morgan fingerprint density at radius 1 is 0.833 bits per heavy atom. The molecule has 0 atom stereocenters. The number of benzene rings is 2. The molecular formula is C14H8Cl2N2. The lowest BCUT2D eigenvalue weighted by Crippen LogP contribution is -1.89. The van der Waals surface area contributed by atoms with Crippen molar-refractivity contribution < 1.29 is 0 Å². The number of para-hydroxylation sites is 2. The molecule has 0 aliphatic rings. The smallest absolute Gasteiger partial charge is 0.0908 e. The van der Waals surface area contributed by atoms with E-state index in [2.05, 4.69) is 9.97 Å². The first kappa shape index (κ1) is 11.5. The molecule has 3 aromatic rings. The van der Waals surface area contributed by atoms with Crippen molar-refractivity contribution in [2.45, 2.75) is 0 Å². The van der Waals surface area contributed by atoms with Gasteiger partial charge in [-0.1, -0.05) is 47.5 Å². The Labute approximate surface area is 114 Å². The summed E-state index contributed by atoms with van der Waals surface area (Å²) in [4.78, 5) is 8.91. The molecule has 0 spiro atoms. The van der Waals surface area contributed by atoms with Gasteiger partial charge in [-0.05, 0) is 18.2 Å². The summed E-state index contributed by atoms with van der Waals surface area (Å²) in [5.74, 6) is 0. The zero-order valence-electron chi connectivity index (χ0n) is 9.27. The minimum atomic E-state index is 0.503. The van der Waals surface area contributed by atoms with Gasteiger partial charge >= 0.3 is 0 Å². The number of nitrogens with zero attached hydrogens (tertiary/aromatic N) is 2. The second kappa shape index (κ2) is 4.56. The first-order valence-corrected chi connectivity index (χ1v) is 6.17. The van der Waals surface area contributed by atoms with Gasteiger partial charge in [-0.2, -0.15) is 0 Å². The van der Waals surface area contributed by atoms with Crippen molar-refractivity contribution >= 4 is 34.2 Å². The fourth-order valence-electron chi connectivity index (χ4n) is 1.79. The molecule has 0 fully saturated rings. The molecule has 4 heteroatoms. The molecule has 0 bridgehead atoms. The van der Waals surface area contributed by atoms with E-state index in [1.165, 1.54) is 0 Å². The summed E-state index contributed by atoms with van der Waals surface area (Å²) in [5.41, 5.74) is 3.22. The van der Waals surface area contributed by atoms with Gasteiger partial charge in [-0.3, -0.25) is 4.98 Å². The van der Waals surface area contributed by atoms with E-state index in [9.17, 15) is 0 Å². The van der Waals surface area contributed by atoms with Gasteiger partial charge in [0.15, 0.2) is 0 Å². The maximum absolute atomic E-state index is 6.18. The summed E-state index contributed by atoms with van der Waals surface area (Å²) in [6.45, 7) is 0. The van der Waals surface area contributed by atoms with E-state index in [1.807, 2.05) is 36.4 Å². The van der Waals surface area contributed by atoms with Crippen LogP contribution in [0.5, 0.6) is 0 Å². The van der Waals surface area contributed by atoms with E-state index in [0.29, 0.717) is 10.0 Å². The van der Waals surface area contributed by atoms with Crippen LogP contribution in [0, 0.1) is 0 Å². The van der Waals surface area contributed by atoms with Gasteiger partial charge in [0.05, 0.1) is 33.0 Å². The van der Waals surface area contributed by atoms with Crippen LogP contribution in [-0.2, 0) is 0 Å². The van der Waals surface area contributed by atoms with Gasteiger partial charge in [0, 0.05) is 5.56 Å². The standard InChI is InChI=1S/C14H8Cl2N2/c15-10-5-3-4-9(14(10)16)13-8-17-11-6-1-2-7-12(11)18-13/h1-8H. The molecule has 2 aromatic carbocycles. The predicted octanol–water partition coefficient (Wildman–Crippen LogP) is 4.60. The van der Waals surface area contributed by atoms with Crippen LogP contribution in [-0.4, -0.2) is 9.97 Å². The normalized spacial score (nSPS) is 10.8. The quantitative estimate of drug-likeness (QED) is 0.648. The first-order chi connectivity index (χ1) is 8.75. The number of halogens is 2. The highest BCUT2D eigenvalue weighted by Gasteiger charge is 2.08. The minimum Gasteiger partial charge on any atom is -0.252 e. The fourth-order valence-corrected chi connectivity index (χ4v) is 2.19. The number of rotatable bonds is 1. The zero-order valence-corrected chi connectivity index (χ0v) is 10.8. The average molecular weight is 275 g/mol. The summed E-state index contributed by atoms with van der Waals surface area (Å²) >= 11 is 12.2. The Morgan fingerprint density at radius 2 is 1.61 bits per heavy atom.